The lowest BCUT2D eigenvalue weighted by Crippen LogP contribution is -2.04. The first-order valence-electron chi connectivity index (χ1n) is 9.20. The van der Waals surface area contributed by atoms with Crippen LogP contribution in [0.25, 0.3) is 5.69 Å². The molecule has 0 aliphatic carbocycles. The highest BCUT2D eigenvalue weighted by atomic mass is 35.5. The van der Waals surface area contributed by atoms with E-state index in [-0.39, 0.29) is 0 Å². The second-order valence-electron chi connectivity index (χ2n) is 6.46. The van der Waals surface area contributed by atoms with Crippen LogP contribution in [0.5, 0.6) is 0 Å². The standard InChI is InChI=1S/C23H20ClN3S/c24-20-11-13-21(14-12-20)27-22(17-19-9-5-2-6-10-19)25-26-23(27)28-16-15-18-7-3-1-4-8-18/h1-14H,15-17H2. The minimum atomic E-state index is 0.722. The first-order chi connectivity index (χ1) is 13.8. The molecule has 28 heavy (non-hydrogen) atoms. The maximum absolute atomic E-state index is 6.09. The van der Waals surface area contributed by atoms with E-state index in [2.05, 4.69) is 51.2 Å². The quantitative estimate of drug-likeness (QED) is 0.361. The number of aryl methyl sites for hydroxylation is 1. The summed E-state index contributed by atoms with van der Waals surface area (Å²) in [7, 11) is 0. The number of hydrogen-bond acceptors (Lipinski definition) is 3. The molecule has 1 aromatic heterocycles. The van der Waals surface area contributed by atoms with Gasteiger partial charge in [-0.2, -0.15) is 0 Å². The van der Waals surface area contributed by atoms with Crippen molar-refractivity contribution in [3.63, 3.8) is 0 Å². The Bertz CT molecular complexity index is 1010. The maximum Gasteiger partial charge on any atom is 0.195 e. The Morgan fingerprint density at radius 3 is 2.07 bits per heavy atom. The van der Waals surface area contributed by atoms with Crippen LogP contribution in [0.4, 0.5) is 0 Å². The Morgan fingerprint density at radius 2 is 1.39 bits per heavy atom. The van der Waals surface area contributed by atoms with E-state index in [0.29, 0.717) is 0 Å². The third-order valence-electron chi connectivity index (χ3n) is 4.45. The van der Waals surface area contributed by atoms with E-state index in [0.717, 1.165) is 40.3 Å². The molecule has 0 saturated heterocycles. The van der Waals surface area contributed by atoms with Crippen LogP contribution >= 0.6 is 23.4 Å². The Hall–Kier alpha value is -2.56. The van der Waals surface area contributed by atoms with Gasteiger partial charge in [0.25, 0.3) is 0 Å². The summed E-state index contributed by atoms with van der Waals surface area (Å²) in [5.41, 5.74) is 3.57. The number of hydrogen-bond donors (Lipinski definition) is 0. The van der Waals surface area contributed by atoms with Crippen LogP contribution in [0, 0.1) is 0 Å². The molecule has 0 aliphatic rings. The van der Waals surface area contributed by atoms with Crippen LogP contribution < -0.4 is 0 Å². The van der Waals surface area contributed by atoms with Crippen LogP contribution in [0.15, 0.2) is 90.1 Å². The molecule has 0 aliphatic heterocycles. The van der Waals surface area contributed by atoms with Gasteiger partial charge >= 0.3 is 0 Å². The average Bonchev–Trinajstić information content (AvgIpc) is 3.12. The largest absolute Gasteiger partial charge is 0.274 e. The van der Waals surface area contributed by atoms with Crippen molar-refractivity contribution in [2.75, 3.05) is 5.75 Å². The maximum atomic E-state index is 6.09. The van der Waals surface area contributed by atoms with E-state index in [1.165, 1.54) is 11.1 Å². The zero-order chi connectivity index (χ0) is 19.2. The van der Waals surface area contributed by atoms with Crippen LogP contribution in [-0.4, -0.2) is 20.5 Å². The molecule has 5 heteroatoms. The van der Waals surface area contributed by atoms with E-state index in [1.807, 2.05) is 48.5 Å². The lowest BCUT2D eigenvalue weighted by atomic mass is 10.1. The molecule has 0 fully saturated rings. The van der Waals surface area contributed by atoms with Crippen molar-refractivity contribution in [2.24, 2.45) is 0 Å². The number of thioether (sulfide) groups is 1. The summed E-state index contributed by atoms with van der Waals surface area (Å²) in [6.07, 6.45) is 1.72. The van der Waals surface area contributed by atoms with Gasteiger partial charge in [0.15, 0.2) is 5.16 Å². The van der Waals surface area contributed by atoms with Gasteiger partial charge < -0.3 is 0 Å². The number of aromatic nitrogens is 3. The molecule has 0 spiro atoms. The van der Waals surface area contributed by atoms with E-state index in [4.69, 9.17) is 11.6 Å². The van der Waals surface area contributed by atoms with Gasteiger partial charge in [-0.15, -0.1) is 10.2 Å². The highest BCUT2D eigenvalue weighted by Gasteiger charge is 2.15. The van der Waals surface area contributed by atoms with Gasteiger partial charge in [0, 0.05) is 22.9 Å². The Labute approximate surface area is 174 Å². The topological polar surface area (TPSA) is 30.7 Å². The third-order valence-corrected chi connectivity index (χ3v) is 5.64. The van der Waals surface area contributed by atoms with Gasteiger partial charge in [-0.3, -0.25) is 4.57 Å². The smallest absolute Gasteiger partial charge is 0.195 e. The Morgan fingerprint density at radius 1 is 0.750 bits per heavy atom. The molecular formula is C23H20ClN3S. The third kappa shape index (κ3) is 4.64. The van der Waals surface area contributed by atoms with E-state index >= 15 is 0 Å². The summed E-state index contributed by atoms with van der Waals surface area (Å²) < 4.78 is 2.14. The summed E-state index contributed by atoms with van der Waals surface area (Å²) >= 11 is 7.82. The van der Waals surface area contributed by atoms with E-state index < -0.39 is 0 Å². The minimum absolute atomic E-state index is 0.722. The van der Waals surface area contributed by atoms with Gasteiger partial charge in [0.1, 0.15) is 5.82 Å². The minimum Gasteiger partial charge on any atom is -0.274 e. The first kappa shape index (κ1) is 18.8. The number of halogens is 1. The molecule has 0 atom stereocenters. The summed E-state index contributed by atoms with van der Waals surface area (Å²) in [6, 6.07) is 28.7. The van der Waals surface area contributed by atoms with Crippen molar-refractivity contribution < 1.29 is 0 Å². The monoisotopic (exact) mass is 405 g/mol. The molecule has 3 nitrogen and oxygen atoms in total. The molecular weight excluding hydrogens is 386 g/mol. The fourth-order valence-electron chi connectivity index (χ4n) is 3.04. The van der Waals surface area contributed by atoms with Crippen LogP contribution in [-0.2, 0) is 12.8 Å². The number of rotatable bonds is 7. The van der Waals surface area contributed by atoms with Crippen molar-refractivity contribution in [3.05, 3.63) is 107 Å². The first-order valence-corrected chi connectivity index (χ1v) is 10.6. The Kier molecular flexibility index (Phi) is 6.10. The molecule has 4 aromatic rings. The molecule has 140 valence electrons. The van der Waals surface area contributed by atoms with E-state index in [9.17, 15) is 0 Å². The van der Waals surface area contributed by atoms with Crippen molar-refractivity contribution in [3.8, 4) is 5.69 Å². The fourth-order valence-corrected chi connectivity index (χ4v) is 4.13. The predicted molar refractivity (Wildman–Crippen MR) is 116 cm³/mol. The second-order valence-corrected chi connectivity index (χ2v) is 7.96. The summed E-state index contributed by atoms with van der Waals surface area (Å²) in [5.74, 6) is 1.87. The fraction of sp³-hybridized carbons (Fsp3) is 0.130. The van der Waals surface area contributed by atoms with Crippen molar-refractivity contribution in [1.82, 2.24) is 14.8 Å². The summed E-state index contributed by atoms with van der Waals surface area (Å²) in [5, 5.41) is 10.6. The molecule has 0 N–H and O–H groups in total. The molecule has 0 unspecified atom stereocenters. The zero-order valence-corrected chi connectivity index (χ0v) is 16.9. The van der Waals surface area contributed by atoms with Gasteiger partial charge in [0.05, 0.1) is 0 Å². The molecule has 1 heterocycles. The highest BCUT2D eigenvalue weighted by molar-refractivity contribution is 7.99. The summed E-state index contributed by atoms with van der Waals surface area (Å²) in [4.78, 5) is 0. The molecule has 0 radical (unpaired) electrons. The van der Waals surface area contributed by atoms with Gasteiger partial charge in [-0.25, -0.2) is 0 Å². The molecule has 0 bridgehead atoms. The van der Waals surface area contributed by atoms with Crippen molar-refractivity contribution in [1.29, 1.82) is 0 Å². The van der Waals surface area contributed by atoms with Gasteiger partial charge in [-0.1, -0.05) is 84.0 Å². The Balaban J connectivity index is 1.59. The summed E-state index contributed by atoms with van der Waals surface area (Å²) in [6.45, 7) is 0. The molecule has 0 saturated carbocycles. The lowest BCUT2D eigenvalue weighted by molar-refractivity contribution is 0.847. The van der Waals surface area contributed by atoms with Crippen molar-refractivity contribution >= 4 is 23.4 Å². The van der Waals surface area contributed by atoms with Crippen molar-refractivity contribution in [2.45, 2.75) is 18.0 Å². The number of nitrogens with zero attached hydrogens (tertiary/aromatic N) is 3. The molecule has 3 aromatic carbocycles. The normalized spacial score (nSPS) is 10.9. The number of benzene rings is 3. The lowest BCUT2D eigenvalue weighted by Gasteiger charge is -2.11. The van der Waals surface area contributed by atoms with Crippen LogP contribution in [0.2, 0.25) is 5.02 Å². The zero-order valence-electron chi connectivity index (χ0n) is 15.3. The van der Waals surface area contributed by atoms with Gasteiger partial charge in [0.2, 0.25) is 0 Å². The predicted octanol–water partition coefficient (Wildman–Crippen LogP) is 5.85. The average molecular weight is 406 g/mol. The van der Waals surface area contributed by atoms with Crippen LogP contribution in [0.3, 0.4) is 0 Å². The van der Waals surface area contributed by atoms with Gasteiger partial charge in [-0.05, 0) is 41.8 Å². The SMILES string of the molecule is Clc1ccc(-n2c(Cc3ccccc3)nnc2SCCc2ccccc2)cc1. The highest BCUT2D eigenvalue weighted by Crippen LogP contribution is 2.25. The molecule has 4 rings (SSSR count). The van der Waals surface area contributed by atoms with Crippen LogP contribution in [0.1, 0.15) is 17.0 Å². The second kappa shape index (κ2) is 9.09. The van der Waals surface area contributed by atoms with E-state index in [1.54, 1.807) is 11.8 Å². The molecule has 0 amide bonds.